The number of ether oxygens (including phenoxy) is 2. The Morgan fingerprint density at radius 1 is 0.950 bits per heavy atom. The van der Waals surface area contributed by atoms with E-state index in [2.05, 4.69) is 10.4 Å². The number of amides is 4. The lowest BCUT2D eigenvalue weighted by Gasteiger charge is -2.50. The molecule has 4 aromatic rings. The number of fused-ring (bicyclic) bond motifs is 4. The predicted molar refractivity (Wildman–Crippen MR) is 214 cm³/mol. The number of imide groups is 2. The summed E-state index contributed by atoms with van der Waals surface area (Å²) in [6.45, 7) is 1.92. The van der Waals surface area contributed by atoms with Gasteiger partial charge in [0.1, 0.15) is 11.4 Å². The molecule has 1 aromatic heterocycles. The summed E-state index contributed by atoms with van der Waals surface area (Å²) >= 11 is 19.0. The molecule has 8 rings (SSSR count). The zero-order valence-electron chi connectivity index (χ0n) is 32.0. The molecule has 2 saturated heterocycles. The number of allylic oxidation sites excluding steroid dienone is 2. The number of aromatic nitrogens is 1. The number of hydrogen-bond donors (Lipinski definition) is 2. The van der Waals surface area contributed by atoms with Gasteiger partial charge in [-0.1, -0.05) is 70.7 Å². The maximum Gasteiger partial charge on any atom is 0.433 e. The smallest absolute Gasteiger partial charge is 0.433 e. The summed E-state index contributed by atoms with van der Waals surface area (Å²) in [6.07, 6.45) is -3.24. The Bertz CT molecular complexity index is 2490. The second-order valence-electron chi connectivity index (χ2n) is 14.9. The standard InChI is InChI=1S/C42H35Cl3F3N5O7/c1-4-60-31-7-5-6-25(35(31)54)34-23-13-14-24-33(39(57)53(37(24)55)51(2)36-28(44)15-17-32(49-36)42(46,47)48)26(23)19-27-38(56)52(50-30-16-10-21(43)18-29(30)45)40(58)41(27,34)20-8-11-22(59-3)12-9-20/h5-13,15-18,24,26-27,33-34,50,54H,4,14,19H2,1-3H3. The topological polar surface area (TPSA) is 142 Å². The number of benzene rings is 3. The van der Waals surface area contributed by atoms with Gasteiger partial charge in [0.15, 0.2) is 17.3 Å². The number of rotatable bonds is 9. The molecule has 2 N–H and O–H groups in total. The van der Waals surface area contributed by atoms with E-state index in [0.717, 1.165) is 21.1 Å². The van der Waals surface area contributed by atoms with Crippen LogP contribution in [0.4, 0.5) is 24.7 Å². The number of alkyl halides is 3. The Morgan fingerprint density at radius 3 is 2.35 bits per heavy atom. The molecule has 2 aliphatic carbocycles. The molecule has 0 spiro atoms. The van der Waals surface area contributed by atoms with Crippen LogP contribution in [0.25, 0.3) is 0 Å². The van der Waals surface area contributed by atoms with Crippen molar-refractivity contribution in [2.45, 2.75) is 37.3 Å². The van der Waals surface area contributed by atoms with Crippen LogP contribution in [0.5, 0.6) is 17.2 Å². The van der Waals surface area contributed by atoms with E-state index in [1.54, 1.807) is 55.5 Å². The number of carbonyl (C=O) groups is 4. The fourth-order valence-electron chi connectivity index (χ4n) is 9.42. The lowest BCUT2D eigenvalue weighted by Crippen LogP contribution is -2.53. The van der Waals surface area contributed by atoms with Crippen LogP contribution in [0.15, 0.2) is 84.4 Å². The van der Waals surface area contributed by atoms with Crippen molar-refractivity contribution in [1.29, 1.82) is 0 Å². The number of phenolic OH excluding ortho intramolecular Hbond substituents is 1. The summed E-state index contributed by atoms with van der Waals surface area (Å²) in [5, 5.41) is 14.7. The van der Waals surface area contributed by atoms with Gasteiger partial charge in [0.25, 0.3) is 23.6 Å². The summed E-state index contributed by atoms with van der Waals surface area (Å²) < 4.78 is 52.5. The summed E-state index contributed by atoms with van der Waals surface area (Å²) in [7, 11) is 2.70. The Kier molecular flexibility index (Phi) is 10.4. The van der Waals surface area contributed by atoms with Crippen LogP contribution >= 0.6 is 34.8 Å². The van der Waals surface area contributed by atoms with Gasteiger partial charge in [-0.15, -0.1) is 0 Å². The van der Waals surface area contributed by atoms with Gasteiger partial charge in [-0.25, -0.2) is 4.98 Å². The van der Waals surface area contributed by atoms with E-state index in [1.165, 1.54) is 32.4 Å². The number of carbonyl (C=O) groups excluding carboxylic acids is 4. The molecule has 2 aliphatic heterocycles. The molecular weight excluding hydrogens is 850 g/mol. The highest BCUT2D eigenvalue weighted by atomic mass is 35.5. The third-order valence-corrected chi connectivity index (χ3v) is 12.8. The molecule has 3 aromatic carbocycles. The van der Waals surface area contributed by atoms with Gasteiger partial charge in [-0.2, -0.15) is 23.2 Å². The number of hydrogen-bond acceptors (Lipinski definition) is 10. The first-order valence-corrected chi connectivity index (χ1v) is 19.9. The predicted octanol–water partition coefficient (Wildman–Crippen LogP) is 8.21. The molecule has 0 radical (unpaired) electrons. The minimum atomic E-state index is -4.85. The molecule has 3 heterocycles. The van der Waals surface area contributed by atoms with Crippen molar-refractivity contribution < 1.29 is 46.9 Å². The Hall–Kier alpha value is -5.51. The van der Waals surface area contributed by atoms with Crippen molar-refractivity contribution in [2.24, 2.45) is 23.7 Å². The fraction of sp³-hybridized carbons (Fsp3) is 0.310. The number of phenols is 1. The van der Waals surface area contributed by atoms with Crippen LogP contribution in [-0.4, -0.2) is 64.5 Å². The van der Waals surface area contributed by atoms with Crippen LogP contribution in [-0.2, 0) is 30.8 Å². The minimum absolute atomic E-state index is 0.0224. The monoisotopic (exact) mass is 883 g/mol. The zero-order chi connectivity index (χ0) is 43.0. The molecule has 18 heteroatoms. The molecule has 1 saturated carbocycles. The van der Waals surface area contributed by atoms with Gasteiger partial charge in [0.2, 0.25) is 0 Å². The van der Waals surface area contributed by atoms with Crippen molar-refractivity contribution in [2.75, 3.05) is 31.2 Å². The lowest BCUT2D eigenvalue weighted by molar-refractivity contribution is -0.142. The molecule has 0 bridgehead atoms. The SMILES string of the molecule is CCOc1cccc(C2C3=CCC4C(=O)N(N(C)c5nc(C(F)(F)F)ccc5Cl)C(=O)C4C3CC3C(=O)N(Nc4ccc(Cl)cc4Cl)C(=O)C32c2ccc(OC)cc2)c1O. The van der Waals surface area contributed by atoms with Crippen molar-refractivity contribution in [3.05, 3.63) is 116 Å². The average Bonchev–Trinajstić information content (AvgIpc) is 3.59. The fourth-order valence-corrected chi connectivity index (χ4v) is 10.1. The summed E-state index contributed by atoms with van der Waals surface area (Å²) in [5.41, 5.74) is 1.14. The molecule has 4 amide bonds. The number of nitrogens with one attached hydrogen (secondary N) is 1. The maximum absolute atomic E-state index is 15.5. The Labute approximate surface area is 356 Å². The van der Waals surface area contributed by atoms with Gasteiger partial charge in [-0.3, -0.25) is 29.6 Å². The molecule has 6 atom stereocenters. The Morgan fingerprint density at radius 2 is 1.68 bits per heavy atom. The number of para-hydroxylation sites is 1. The highest BCUT2D eigenvalue weighted by molar-refractivity contribution is 6.36. The maximum atomic E-state index is 15.5. The van der Waals surface area contributed by atoms with E-state index in [0.29, 0.717) is 28.0 Å². The first-order valence-electron chi connectivity index (χ1n) is 18.8. The average molecular weight is 885 g/mol. The van der Waals surface area contributed by atoms with E-state index in [9.17, 15) is 27.9 Å². The first kappa shape index (κ1) is 41.2. The van der Waals surface area contributed by atoms with Crippen molar-refractivity contribution >= 4 is 69.9 Å². The molecule has 60 heavy (non-hydrogen) atoms. The van der Waals surface area contributed by atoms with E-state index in [1.807, 2.05) is 0 Å². The number of halogens is 6. The largest absolute Gasteiger partial charge is 0.504 e. The molecule has 3 fully saturated rings. The van der Waals surface area contributed by atoms with Crippen molar-refractivity contribution in [3.8, 4) is 17.2 Å². The molecule has 6 unspecified atom stereocenters. The Balaban J connectivity index is 1.31. The highest BCUT2D eigenvalue weighted by Gasteiger charge is 2.71. The summed E-state index contributed by atoms with van der Waals surface area (Å²) in [6, 6.07) is 17.6. The highest BCUT2D eigenvalue weighted by Crippen LogP contribution is 2.65. The number of hydrazine groups is 2. The molecule has 312 valence electrons. The van der Waals surface area contributed by atoms with Gasteiger partial charge in [0, 0.05) is 23.6 Å². The van der Waals surface area contributed by atoms with Crippen LogP contribution in [0.1, 0.15) is 42.5 Å². The summed E-state index contributed by atoms with van der Waals surface area (Å²) in [5.74, 6) is -8.47. The second kappa shape index (κ2) is 15.2. The van der Waals surface area contributed by atoms with Crippen LogP contribution in [0.2, 0.25) is 15.1 Å². The van der Waals surface area contributed by atoms with Gasteiger partial charge >= 0.3 is 6.18 Å². The zero-order valence-corrected chi connectivity index (χ0v) is 34.2. The first-order chi connectivity index (χ1) is 28.5. The van der Waals surface area contributed by atoms with Gasteiger partial charge < -0.3 is 14.6 Å². The molecular formula is C42H35Cl3F3N5O7. The number of aromatic hydroxyl groups is 1. The molecule has 4 aliphatic rings. The van der Waals surface area contributed by atoms with Crippen LogP contribution < -0.4 is 19.9 Å². The number of nitrogens with zero attached hydrogens (tertiary/aromatic N) is 4. The van der Waals surface area contributed by atoms with Crippen molar-refractivity contribution in [3.63, 3.8) is 0 Å². The van der Waals surface area contributed by atoms with E-state index >= 15 is 9.59 Å². The van der Waals surface area contributed by atoms with E-state index in [-0.39, 0.29) is 52.2 Å². The quantitative estimate of drug-likeness (QED) is 0.125. The second-order valence-corrected chi connectivity index (χ2v) is 16.1. The number of pyridine rings is 1. The molecule has 12 nitrogen and oxygen atoms in total. The van der Waals surface area contributed by atoms with Gasteiger partial charge in [0.05, 0.1) is 52.6 Å². The normalized spacial score (nSPS) is 24.8. The van der Waals surface area contributed by atoms with E-state index < -0.39 is 76.3 Å². The van der Waals surface area contributed by atoms with Crippen LogP contribution in [0.3, 0.4) is 0 Å². The summed E-state index contributed by atoms with van der Waals surface area (Å²) in [4.78, 5) is 63.2. The van der Waals surface area contributed by atoms with Gasteiger partial charge in [-0.05, 0) is 79.8 Å². The number of methoxy groups -OCH3 is 1. The minimum Gasteiger partial charge on any atom is -0.504 e. The number of anilines is 2. The third kappa shape index (κ3) is 6.31. The van der Waals surface area contributed by atoms with Crippen LogP contribution in [0, 0.1) is 23.7 Å². The van der Waals surface area contributed by atoms with E-state index in [4.69, 9.17) is 44.3 Å². The lowest BCUT2D eigenvalue weighted by atomic mass is 9.49. The van der Waals surface area contributed by atoms with Crippen molar-refractivity contribution in [1.82, 2.24) is 15.0 Å². The third-order valence-electron chi connectivity index (χ3n) is 11.9.